The summed E-state index contributed by atoms with van der Waals surface area (Å²) in [7, 11) is 0. The molecule has 2 atom stereocenters. The molecule has 2 nitrogen and oxygen atoms in total. The molecule has 0 aliphatic carbocycles. The van der Waals surface area contributed by atoms with E-state index in [1.165, 1.54) is 32.1 Å². The van der Waals surface area contributed by atoms with Gasteiger partial charge in [-0.15, -0.1) is 0 Å². The molecule has 0 spiro atoms. The molecule has 0 amide bonds. The van der Waals surface area contributed by atoms with Gasteiger partial charge in [0.15, 0.2) is 0 Å². The van der Waals surface area contributed by atoms with Gasteiger partial charge in [0, 0.05) is 6.42 Å². The molecular formula is C17H34O2. The summed E-state index contributed by atoms with van der Waals surface area (Å²) < 4.78 is 11.8. The SMILES string of the molecule is CCC(C)(CC)CC1CC(C(C)(CC)CC)OCO1. The van der Waals surface area contributed by atoms with Crippen molar-refractivity contribution in [3.8, 4) is 0 Å². The zero-order valence-corrected chi connectivity index (χ0v) is 13.9. The first kappa shape index (κ1) is 17.0. The molecular weight excluding hydrogens is 236 g/mol. The molecule has 0 saturated carbocycles. The first-order valence-corrected chi connectivity index (χ1v) is 8.16. The van der Waals surface area contributed by atoms with E-state index in [-0.39, 0.29) is 0 Å². The van der Waals surface area contributed by atoms with Gasteiger partial charge in [-0.1, -0.05) is 54.4 Å². The molecule has 1 saturated heterocycles. The second-order valence-electron chi connectivity index (χ2n) is 6.88. The molecule has 1 aliphatic rings. The predicted molar refractivity (Wildman–Crippen MR) is 81.2 cm³/mol. The largest absolute Gasteiger partial charge is 0.352 e. The van der Waals surface area contributed by atoms with Crippen LogP contribution in [-0.2, 0) is 9.47 Å². The third-order valence-electron chi connectivity index (χ3n) is 5.87. The Labute approximate surface area is 120 Å². The molecule has 0 aromatic heterocycles. The average Bonchev–Trinajstić information content (AvgIpc) is 2.46. The standard InChI is InChI=1S/C17H34O2/c1-7-16(5,8-2)12-14-11-15(19-13-18-14)17(6,9-3)10-4/h14-15H,7-13H2,1-6H3. The quantitative estimate of drug-likeness (QED) is 0.636. The highest BCUT2D eigenvalue weighted by Gasteiger charge is 2.38. The van der Waals surface area contributed by atoms with Crippen molar-refractivity contribution >= 4 is 0 Å². The number of ether oxygens (including phenoxy) is 2. The van der Waals surface area contributed by atoms with Crippen molar-refractivity contribution in [1.82, 2.24) is 0 Å². The maximum atomic E-state index is 5.91. The van der Waals surface area contributed by atoms with Gasteiger partial charge >= 0.3 is 0 Å². The smallest absolute Gasteiger partial charge is 0.147 e. The van der Waals surface area contributed by atoms with Gasteiger partial charge in [-0.05, 0) is 30.1 Å². The second-order valence-corrected chi connectivity index (χ2v) is 6.88. The van der Waals surface area contributed by atoms with Crippen LogP contribution in [-0.4, -0.2) is 19.0 Å². The van der Waals surface area contributed by atoms with E-state index >= 15 is 0 Å². The first-order valence-electron chi connectivity index (χ1n) is 8.16. The summed E-state index contributed by atoms with van der Waals surface area (Å²) >= 11 is 0. The summed E-state index contributed by atoms with van der Waals surface area (Å²) in [5, 5.41) is 0. The van der Waals surface area contributed by atoms with Crippen LogP contribution in [0.2, 0.25) is 0 Å². The van der Waals surface area contributed by atoms with Gasteiger partial charge in [-0.25, -0.2) is 0 Å². The minimum absolute atomic E-state index is 0.302. The van der Waals surface area contributed by atoms with Gasteiger partial charge in [0.1, 0.15) is 6.79 Å². The monoisotopic (exact) mass is 270 g/mol. The zero-order chi connectivity index (χ0) is 14.5. The maximum Gasteiger partial charge on any atom is 0.147 e. The van der Waals surface area contributed by atoms with Crippen LogP contribution in [0.3, 0.4) is 0 Å². The van der Waals surface area contributed by atoms with E-state index in [1.54, 1.807) is 0 Å². The highest BCUT2D eigenvalue weighted by Crippen LogP contribution is 2.40. The van der Waals surface area contributed by atoms with Crippen LogP contribution in [0.5, 0.6) is 0 Å². The van der Waals surface area contributed by atoms with Crippen LogP contribution in [0.4, 0.5) is 0 Å². The Balaban J connectivity index is 2.64. The number of hydrogen-bond donors (Lipinski definition) is 0. The van der Waals surface area contributed by atoms with Crippen molar-refractivity contribution < 1.29 is 9.47 Å². The van der Waals surface area contributed by atoms with Gasteiger partial charge in [-0.2, -0.15) is 0 Å². The van der Waals surface area contributed by atoms with E-state index in [1.807, 2.05) is 0 Å². The first-order chi connectivity index (χ1) is 8.93. The molecule has 1 fully saturated rings. The number of rotatable bonds is 7. The topological polar surface area (TPSA) is 18.5 Å². The predicted octanol–water partition coefficient (Wildman–Crippen LogP) is 5.16. The lowest BCUT2D eigenvalue weighted by Gasteiger charge is -2.43. The molecule has 19 heavy (non-hydrogen) atoms. The highest BCUT2D eigenvalue weighted by atomic mass is 16.7. The molecule has 0 N–H and O–H groups in total. The van der Waals surface area contributed by atoms with Crippen LogP contribution >= 0.6 is 0 Å². The van der Waals surface area contributed by atoms with Gasteiger partial charge in [0.25, 0.3) is 0 Å². The molecule has 0 aromatic rings. The van der Waals surface area contributed by atoms with Crippen LogP contribution in [0.25, 0.3) is 0 Å². The normalized spacial score (nSPS) is 25.6. The molecule has 114 valence electrons. The van der Waals surface area contributed by atoms with Crippen molar-refractivity contribution in [2.24, 2.45) is 10.8 Å². The molecule has 0 bridgehead atoms. The minimum Gasteiger partial charge on any atom is -0.352 e. The summed E-state index contributed by atoms with van der Waals surface area (Å²) in [5.41, 5.74) is 0.720. The van der Waals surface area contributed by atoms with Crippen LogP contribution in [0, 0.1) is 10.8 Å². The summed E-state index contributed by atoms with van der Waals surface area (Å²) in [5.74, 6) is 0. The molecule has 1 aliphatic heterocycles. The lowest BCUT2D eigenvalue weighted by atomic mass is 9.73. The van der Waals surface area contributed by atoms with Crippen molar-refractivity contribution in [2.75, 3.05) is 6.79 Å². The Kier molecular flexibility index (Phi) is 6.32. The highest BCUT2D eigenvalue weighted by molar-refractivity contribution is 4.87. The Morgan fingerprint density at radius 2 is 1.47 bits per heavy atom. The average molecular weight is 270 g/mol. The Morgan fingerprint density at radius 1 is 0.895 bits per heavy atom. The van der Waals surface area contributed by atoms with E-state index in [4.69, 9.17) is 9.47 Å². The third kappa shape index (κ3) is 4.19. The Bertz CT molecular complexity index is 254. The molecule has 1 rings (SSSR count). The molecule has 0 aromatic carbocycles. The summed E-state index contributed by atoms with van der Waals surface area (Å²) in [6.07, 6.45) is 7.79. The van der Waals surface area contributed by atoms with Crippen LogP contribution in [0.15, 0.2) is 0 Å². The summed E-state index contributed by atoms with van der Waals surface area (Å²) in [6.45, 7) is 14.4. The molecule has 2 heteroatoms. The number of hydrogen-bond acceptors (Lipinski definition) is 2. The lowest BCUT2D eigenvalue weighted by Crippen LogP contribution is -2.43. The van der Waals surface area contributed by atoms with Gasteiger partial charge in [-0.3, -0.25) is 0 Å². The van der Waals surface area contributed by atoms with Gasteiger partial charge in [0.2, 0.25) is 0 Å². The maximum absolute atomic E-state index is 5.91. The van der Waals surface area contributed by atoms with Crippen molar-refractivity contribution in [1.29, 1.82) is 0 Å². The lowest BCUT2D eigenvalue weighted by molar-refractivity contribution is -0.212. The Hall–Kier alpha value is -0.0800. The van der Waals surface area contributed by atoms with Crippen LogP contribution in [0.1, 0.15) is 80.1 Å². The van der Waals surface area contributed by atoms with Crippen molar-refractivity contribution in [2.45, 2.75) is 92.3 Å². The van der Waals surface area contributed by atoms with E-state index < -0.39 is 0 Å². The summed E-state index contributed by atoms with van der Waals surface area (Å²) in [6, 6.07) is 0. The van der Waals surface area contributed by atoms with E-state index in [2.05, 4.69) is 41.5 Å². The fourth-order valence-corrected chi connectivity index (χ4v) is 3.01. The van der Waals surface area contributed by atoms with Gasteiger partial charge in [0.05, 0.1) is 12.2 Å². The minimum atomic E-state index is 0.302. The van der Waals surface area contributed by atoms with E-state index in [9.17, 15) is 0 Å². The fourth-order valence-electron chi connectivity index (χ4n) is 3.01. The molecule has 1 heterocycles. The van der Waals surface area contributed by atoms with Crippen molar-refractivity contribution in [3.05, 3.63) is 0 Å². The summed E-state index contributed by atoms with van der Waals surface area (Å²) in [4.78, 5) is 0. The Morgan fingerprint density at radius 3 is 1.95 bits per heavy atom. The van der Waals surface area contributed by atoms with E-state index in [0.29, 0.717) is 29.8 Å². The molecule has 0 radical (unpaired) electrons. The fraction of sp³-hybridized carbons (Fsp3) is 1.00. The van der Waals surface area contributed by atoms with Crippen molar-refractivity contribution in [3.63, 3.8) is 0 Å². The van der Waals surface area contributed by atoms with E-state index in [0.717, 1.165) is 6.42 Å². The molecule has 2 unspecified atom stereocenters. The third-order valence-corrected chi connectivity index (χ3v) is 5.87. The van der Waals surface area contributed by atoms with Crippen LogP contribution < -0.4 is 0 Å². The zero-order valence-electron chi connectivity index (χ0n) is 13.9. The van der Waals surface area contributed by atoms with Gasteiger partial charge < -0.3 is 9.47 Å². The second kappa shape index (κ2) is 7.08.